The van der Waals surface area contributed by atoms with Crippen molar-refractivity contribution in [2.45, 2.75) is 36.7 Å². The summed E-state index contributed by atoms with van der Waals surface area (Å²) in [5.74, 6) is -0.911. The smallest absolute Gasteiger partial charge is 0.322 e. The molecule has 0 radical (unpaired) electrons. The Morgan fingerprint density at radius 3 is 2.69 bits per heavy atom. The van der Waals surface area contributed by atoms with Gasteiger partial charge in [-0.25, -0.2) is 18.2 Å². The number of likely N-dealkylation sites (tertiary alicyclic amines) is 1. The highest BCUT2D eigenvalue weighted by Crippen LogP contribution is 2.37. The molecule has 2 aromatic carbocycles. The minimum absolute atomic E-state index is 0.0141. The van der Waals surface area contributed by atoms with Crippen LogP contribution in [0, 0.1) is 0 Å². The second kappa shape index (κ2) is 10.3. The third kappa shape index (κ3) is 5.26. The second-order valence-electron chi connectivity index (χ2n) is 10.7. The van der Waals surface area contributed by atoms with Gasteiger partial charge in [-0.05, 0) is 48.7 Å². The van der Waals surface area contributed by atoms with Crippen molar-refractivity contribution in [3.63, 3.8) is 0 Å². The first-order valence-electron chi connectivity index (χ1n) is 13.0. The molecule has 42 heavy (non-hydrogen) atoms. The van der Waals surface area contributed by atoms with E-state index in [1.807, 2.05) is 18.2 Å². The van der Waals surface area contributed by atoms with Crippen LogP contribution < -0.4 is 10.6 Å². The largest absolute Gasteiger partial charge is 0.423 e. The molecule has 4 aromatic rings. The van der Waals surface area contributed by atoms with Crippen molar-refractivity contribution in [2.75, 3.05) is 19.3 Å². The van der Waals surface area contributed by atoms with Gasteiger partial charge in [0.05, 0.1) is 22.7 Å². The van der Waals surface area contributed by atoms with E-state index in [0.29, 0.717) is 35.3 Å². The minimum Gasteiger partial charge on any atom is -0.423 e. The lowest BCUT2D eigenvalue weighted by Gasteiger charge is -2.17. The molecule has 218 valence electrons. The number of sulfone groups is 1. The van der Waals surface area contributed by atoms with Crippen LogP contribution in [0.25, 0.3) is 21.3 Å². The molecule has 2 saturated heterocycles. The van der Waals surface area contributed by atoms with Crippen LogP contribution in [-0.4, -0.2) is 82.4 Å². The third-order valence-electron chi connectivity index (χ3n) is 7.28. The third-order valence-corrected chi connectivity index (χ3v) is 9.79. The maximum atomic E-state index is 12.9. The van der Waals surface area contributed by atoms with Crippen LogP contribution in [0.15, 0.2) is 46.9 Å². The average molecular weight is 611 g/mol. The Labute approximate surface area is 243 Å². The van der Waals surface area contributed by atoms with Gasteiger partial charge in [-0.2, -0.15) is 0 Å². The molecule has 13 nitrogen and oxygen atoms in total. The van der Waals surface area contributed by atoms with Gasteiger partial charge in [0.25, 0.3) is 11.8 Å². The summed E-state index contributed by atoms with van der Waals surface area (Å²) in [5, 5.41) is 21.2. The number of hydrogen-bond donors (Lipinski definition) is 3. The highest BCUT2D eigenvalue weighted by molar-refractivity contribution is 7.91. The van der Waals surface area contributed by atoms with Crippen LogP contribution in [0.4, 0.5) is 4.79 Å². The predicted molar refractivity (Wildman–Crippen MR) is 151 cm³/mol. The number of imide groups is 1. The summed E-state index contributed by atoms with van der Waals surface area (Å²) in [6, 6.07) is 12.1. The Kier molecular flexibility index (Phi) is 6.82. The minimum atomic E-state index is -3.81. The highest BCUT2D eigenvalue weighted by Gasteiger charge is 2.44. The number of β-amino-alcohol motifs (C(OH)–C–C–N with tert-alkyl or cyclic N) is 1. The van der Waals surface area contributed by atoms with Crippen LogP contribution >= 0.6 is 11.3 Å². The zero-order chi connectivity index (χ0) is 29.8. The van der Waals surface area contributed by atoms with Gasteiger partial charge in [0.15, 0.2) is 15.1 Å². The quantitative estimate of drug-likeness (QED) is 0.261. The summed E-state index contributed by atoms with van der Waals surface area (Å²) in [7, 11) is -3.81. The van der Waals surface area contributed by atoms with E-state index in [1.165, 1.54) is 18.3 Å². The summed E-state index contributed by atoms with van der Waals surface area (Å²) < 4.78 is 32.2. The normalized spacial score (nSPS) is 21.5. The van der Waals surface area contributed by atoms with Gasteiger partial charge >= 0.3 is 6.03 Å². The van der Waals surface area contributed by atoms with E-state index in [4.69, 9.17) is 4.42 Å². The van der Waals surface area contributed by atoms with Crippen molar-refractivity contribution in [1.82, 2.24) is 30.7 Å². The van der Waals surface area contributed by atoms with E-state index in [9.17, 15) is 27.9 Å². The van der Waals surface area contributed by atoms with E-state index in [2.05, 4.69) is 25.8 Å². The molecule has 6 rings (SSSR count). The van der Waals surface area contributed by atoms with Crippen LogP contribution in [0.5, 0.6) is 0 Å². The van der Waals surface area contributed by atoms with Crippen molar-refractivity contribution in [3.05, 3.63) is 64.8 Å². The second-order valence-corrected chi connectivity index (χ2v) is 13.9. The fraction of sp³-hybridized carbons (Fsp3) is 0.333. The fourth-order valence-corrected chi connectivity index (χ4v) is 7.63. The lowest BCUT2D eigenvalue weighted by atomic mass is 9.98. The van der Waals surface area contributed by atoms with Crippen LogP contribution in [0.1, 0.15) is 45.7 Å². The first-order valence-corrected chi connectivity index (χ1v) is 15.8. The summed E-state index contributed by atoms with van der Waals surface area (Å²) in [4.78, 5) is 42.9. The maximum Gasteiger partial charge on any atom is 0.322 e. The molecule has 3 atom stereocenters. The van der Waals surface area contributed by atoms with Crippen molar-refractivity contribution in [2.24, 2.45) is 0 Å². The van der Waals surface area contributed by atoms with Crippen molar-refractivity contribution in [3.8, 4) is 11.1 Å². The summed E-state index contributed by atoms with van der Waals surface area (Å²) in [5.41, 5.74) is 1.39. The van der Waals surface area contributed by atoms with E-state index < -0.39 is 38.7 Å². The summed E-state index contributed by atoms with van der Waals surface area (Å²) in [6.07, 6.45) is 0.975. The average Bonchev–Trinajstić information content (AvgIpc) is 3.70. The number of aromatic nitrogens is 3. The van der Waals surface area contributed by atoms with Gasteiger partial charge in [-0.3, -0.25) is 14.9 Å². The van der Waals surface area contributed by atoms with Crippen LogP contribution in [0.2, 0.25) is 0 Å². The molecule has 2 aliphatic rings. The highest BCUT2D eigenvalue weighted by atomic mass is 32.2. The van der Waals surface area contributed by atoms with E-state index in [-0.39, 0.29) is 29.1 Å². The van der Waals surface area contributed by atoms with Crippen LogP contribution in [0.3, 0.4) is 0 Å². The number of carbonyl (C=O) groups excluding carboxylic acids is 3. The van der Waals surface area contributed by atoms with E-state index >= 15 is 0 Å². The Hall–Kier alpha value is -4.21. The Bertz CT molecular complexity index is 1850. The topological polar surface area (TPSA) is 185 Å². The number of fused-ring (bicyclic) bond motifs is 1. The summed E-state index contributed by atoms with van der Waals surface area (Å²) >= 11 is 1.17. The van der Waals surface area contributed by atoms with Crippen LogP contribution in [-0.2, 0) is 21.1 Å². The Morgan fingerprint density at radius 1 is 1.21 bits per heavy atom. The lowest BCUT2D eigenvalue weighted by molar-refractivity contribution is -0.123. The van der Waals surface area contributed by atoms with Crippen molar-refractivity contribution >= 4 is 49.2 Å². The molecule has 0 aliphatic carbocycles. The molecular weight excluding hydrogens is 584 g/mol. The van der Waals surface area contributed by atoms with E-state index in [0.717, 1.165) is 17.4 Å². The number of nitrogens with zero attached hydrogens (tertiary/aromatic N) is 4. The van der Waals surface area contributed by atoms with Gasteiger partial charge < -0.3 is 19.7 Å². The zero-order valence-electron chi connectivity index (χ0n) is 22.5. The number of hydrogen-bond acceptors (Lipinski definition) is 11. The number of aliphatic hydroxyl groups is 1. The van der Waals surface area contributed by atoms with Crippen molar-refractivity contribution < 1.29 is 32.3 Å². The number of thiazole rings is 1. The molecule has 15 heteroatoms. The molecule has 0 bridgehead atoms. The molecule has 2 unspecified atom stereocenters. The number of aliphatic hydroxyl groups excluding tert-OH is 1. The molecule has 4 amide bonds. The zero-order valence-corrected chi connectivity index (χ0v) is 24.2. The molecule has 0 spiro atoms. The fourth-order valence-electron chi connectivity index (χ4n) is 5.10. The number of urea groups is 1. The summed E-state index contributed by atoms with van der Waals surface area (Å²) in [6.45, 7) is 2.32. The van der Waals surface area contributed by atoms with Gasteiger partial charge in [0.2, 0.25) is 11.8 Å². The number of carbonyl (C=O) groups is 3. The van der Waals surface area contributed by atoms with Crippen molar-refractivity contribution in [1.29, 1.82) is 0 Å². The number of rotatable bonds is 7. The molecule has 2 fully saturated rings. The Morgan fingerprint density at radius 2 is 2.00 bits per heavy atom. The van der Waals surface area contributed by atoms with Gasteiger partial charge in [-0.15, -0.1) is 21.5 Å². The molecule has 4 heterocycles. The lowest BCUT2D eigenvalue weighted by Crippen LogP contribution is -2.45. The molecule has 2 aliphatic heterocycles. The van der Waals surface area contributed by atoms with E-state index in [1.54, 1.807) is 29.2 Å². The number of benzene rings is 2. The molecule has 0 saturated carbocycles. The standard InChI is InChI=1S/C27H26N6O7S2/c1-27(25(36)29-26(37)30-27)12-20-31-32-22(40-20)21(42(2,38)39)23-28-18-7-6-15(11-19(18)41-23)14-4-3-5-16(10-14)24(35)33-9-8-17(34)13-33/h3-7,10-11,17,21,34H,8-9,12-13H2,1-2H3,(H2,29,30,36,37)/t17-,21?,27?/m0/s1. The molecule has 2 aromatic heterocycles. The molecular formula is C27H26N6O7S2. The first kappa shape index (κ1) is 27.9. The van der Waals surface area contributed by atoms with Gasteiger partial charge in [0, 0.05) is 24.9 Å². The van der Waals surface area contributed by atoms with Gasteiger partial charge in [0.1, 0.15) is 10.5 Å². The number of nitrogens with one attached hydrogen (secondary N) is 2. The van der Waals surface area contributed by atoms with Gasteiger partial charge in [-0.1, -0.05) is 18.2 Å². The maximum absolute atomic E-state index is 12.9. The monoisotopic (exact) mass is 610 g/mol. The SMILES string of the molecule is CC1(Cc2nnc(C(c3nc4ccc(-c5cccc(C(=O)N6CC[C@H](O)C6)c5)cc4s3)S(C)(=O)=O)o2)NC(=O)NC1=O. The first-order chi connectivity index (χ1) is 19.9. The number of amides is 4. The Balaban J connectivity index is 1.29. The molecule has 3 N–H and O–H groups in total. The predicted octanol–water partition coefficient (Wildman–Crippen LogP) is 1.83.